The Hall–Kier alpha value is -1.54. The van der Waals surface area contributed by atoms with E-state index in [-0.39, 0.29) is 24.0 Å². The van der Waals surface area contributed by atoms with Crippen LogP contribution >= 0.6 is 0 Å². The number of hydrogen-bond donors (Lipinski definition) is 3. The number of esters is 1. The number of methoxy groups -OCH3 is 1. The topological polar surface area (TPSA) is 113 Å². The molecule has 0 unspecified atom stereocenters. The number of aliphatic hydroxyl groups is 3. The fraction of sp³-hybridized carbons (Fsp3) is 0.700. The van der Waals surface area contributed by atoms with Gasteiger partial charge >= 0.3 is 5.97 Å². The molecule has 1 aliphatic rings. The van der Waals surface area contributed by atoms with Gasteiger partial charge in [-0.25, -0.2) is 0 Å². The van der Waals surface area contributed by atoms with E-state index >= 15 is 0 Å². The van der Waals surface area contributed by atoms with Crippen molar-refractivity contribution in [1.82, 2.24) is 0 Å². The van der Waals surface area contributed by atoms with E-state index in [1.807, 2.05) is 6.92 Å². The van der Waals surface area contributed by atoms with E-state index in [0.29, 0.717) is 12.8 Å². The molecule has 1 aliphatic heterocycles. The van der Waals surface area contributed by atoms with E-state index in [0.717, 1.165) is 0 Å². The largest absolute Gasteiger partial charge is 0.459 e. The summed E-state index contributed by atoms with van der Waals surface area (Å²) in [6.45, 7) is 5.19. The highest BCUT2D eigenvalue weighted by atomic mass is 16.6. The lowest BCUT2D eigenvalue weighted by molar-refractivity contribution is -0.160. The first kappa shape index (κ1) is 23.5. The lowest BCUT2D eigenvalue weighted by atomic mass is 9.83. The molecule has 0 spiro atoms. The van der Waals surface area contributed by atoms with Crippen LogP contribution in [0.3, 0.4) is 0 Å². The standard InChI is InChI=1S/C20H32O7/c1-5-14-10-12(2)15(21)8-6-7-9-16(22)13(3)27-18(24)11-17(23)20(26-4)19(14)25/h6-9,12-14,16-17,19-20,22-23,25H,5,10-11H2,1-4H3/t12-,13-,14+,16+,17-,19+,20+/m1/s1. The third kappa shape index (κ3) is 7.18. The molecule has 0 aromatic rings. The molecule has 7 heteroatoms. The van der Waals surface area contributed by atoms with Gasteiger partial charge in [0.2, 0.25) is 0 Å². The first-order valence-corrected chi connectivity index (χ1v) is 9.36. The van der Waals surface area contributed by atoms with Crippen LogP contribution in [0.5, 0.6) is 0 Å². The van der Waals surface area contributed by atoms with Crippen LogP contribution < -0.4 is 0 Å². The molecule has 0 radical (unpaired) electrons. The molecule has 7 nitrogen and oxygen atoms in total. The second kappa shape index (κ2) is 11.3. The van der Waals surface area contributed by atoms with Crippen molar-refractivity contribution in [1.29, 1.82) is 0 Å². The molecule has 0 bridgehead atoms. The van der Waals surface area contributed by atoms with E-state index < -0.39 is 36.5 Å². The third-order valence-electron chi connectivity index (χ3n) is 4.99. The van der Waals surface area contributed by atoms with Crippen LogP contribution in [0, 0.1) is 11.8 Å². The minimum Gasteiger partial charge on any atom is -0.459 e. The van der Waals surface area contributed by atoms with Gasteiger partial charge in [0.05, 0.1) is 18.6 Å². The molecule has 7 atom stereocenters. The zero-order chi connectivity index (χ0) is 20.6. The van der Waals surface area contributed by atoms with Crippen molar-refractivity contribution < 1.29 is 34.4 Å². The van der Waals surface area contributed by atoms with E-state index in [2.05, 4.69) is 0 Å². The van der Waals surface area contributed by atoms with Gasteiger partial charge in [-0.1, -0.05) is 38.5 Å². The van der Waals surface area contributed by atoms with Crippen molar-refractivity contribution in [2.45, 2.75) is 70.6 Å². The van der Waals surface area contributed by atoms with Crippen LogP contribution in [-0.4, -0.2) is 64.7 Å². The van der Waals surface area contributed by atoms with Gasteiger partial charge in [0.25, 0.3) is 0 Å². The Bertz CT molecular complexity index is 542. The van der Waals surface area contributed by atoms with Crippen molar-refractivity contribution in [3.63, 3.8) is 0 Å². The molecule has 0 aromatic carbocycles. The lowest BCUT2D eigenvalue weighted by Gasteiger charge is -2.32. The molecule has 1 rings (SSSR count). The average Bonchev–Trinajstić information content (AvgIpc) is 2.61. The highest BCUT2D eigenvalue weighted by Crippen LogP contribution is 2.25. The number of ether oxygens (including phenoxy) is 2. The third-order valence-corrected chi connectivity index (χ3v) is 4.99. The lowest BCUT2D eigenvalue weighted by Crippen LogP contribution is -2.45. The van der Waals surface area contributed by atoms with Crippen LogP contribution in [0.25, 0.3) is 0 Å². The molecular formula is C20H32O7. The maximum atomic E-state index is 12.3. The molecule has 0 aromatic heterocycles. The van der Waals surface area contributed by atoms with Gasteiger partial charge in [-0.15, -0.1) is 0 Å². The number of cyclic esters (lactones) is 1. The van der Waals surface area contributed by atoms with Crippen LogP contribution in [0.2, 0.25) is 0 Å². The zero-order valence-electron chi connectivity index (χ0n) is 16.4. The highest BCUT2D eigenvalue weighted by Gasteiger charge is 2.35. The fourth-order valence-electron chi connectivity index (χ4n) is 3.17. The molecule has 1 heterocycles. The SMILES string of the molecule is CC[C@H]1C[C@@H](C)C(=O)C=CC=C[C@H](O)[C@@H](C)OC(=O)C[C@@H](O)[C@H](OC)[C@H]1O. The number of carbonyl (C=O) groups excluding carboxylic acids is 2. The minimum absolute atomic E-state index is 0.0964. The Morgan fingerprint density at radius 2 is 1.85 bits per heavy atom. The smallest absolute Gasteiger partial charge is 0.308 e. The quantitative estimate of drug-likeness (QED) is 0.612. The maximum absolute atomic E-state index is 12.3. The predicted octanol–water partition coefficient (Wildman–Crippen LogP) is 1.15. The summed E-state index contributed by atoms with van der Waals surface area (Å²) >= 11 is 0. The summed E-state index contributed by atoms with van der Waals surface area (Å²) in [6, 6.07) is 0. The first-order chi connectivity index (χ1) is 12.7. The molecule has 0 saturated carbocycles. The Morgan fingerprint density at radius 3 is 2.44 bits per heavy atom. The molecule has 0 aliphatic carbocycles. The van der Waals surface area contributed by atoms with Crippen molar-refractivity contribution >= 4 is 11.8 Å². The number of rotatable bonds is 2. The molecular weight excluding hydrogens is 352 g/mol. The van der Waals surface area contributed by atoms with Crippen molar-refractivity contribution in [3.05, 3.63) is 24.3 Å². The summed E-state index contributed by atoms with van der Waals surface area (Å²) in [7, 11) is 1.35. The normalized spacial score (nSPS) is 37.2. The van der Waals surface area contributed by atoms with E-state index in [4.69, 9.17) is 9.47 Å². The van der Waals surface area contributed by atoms with E-state index in [1.165, 1.54) is 38.3 Å². The average molecular weight is 384 g/mol. The Kier molecular flexibility index (Phi) is 9.87. The van der Waals surface area contributed by atoms with Gasteiger partial charge in [-0.05, 0) is 25.3 Å². The number of aliphatic hydroxyl groups excluding tert-OH is 3. The Balaban J connectivity index is 3.11. The summed E-state index contributed by atoms with van der Waals surface area (Å²) in [5, 5.41) is 31.0. The minimum atomic E-state index is -1.27. The van der Waals surface area contributed by atoms with Crippen LogP contribution in [0.4, 0.5) is 0 Å². The van der Waals surface area contributed by atoms with Crippen molar-refractivity contribution in [3.8, 4) is 0 Å². The summed E-state index contributed by atoms with van der Waals surface area (Å²) in [6.07, 6.45) is 1.33. The Morgan fingerprint density at radius 1 is 1.19 bits per heavy atom. The molecule has 0 amide bonds. The highest BCUT2D eigenvalue weighted by molar-refractivity contribution is 5.91. The van der Waals surface area contributed by atoms with Gasteiger partial charge in [0.15, 0.2) is 5.78 Å². The summed E-state index contributed by atoms with van der Waals surface area (Å²) in [4.78, 5) is 24.3. The zero-order valence-corrected chi connectivity index (χ0v) is 16.4. The maximum Gasteiger partial charge on any atom is 0.308 e. The molecule has 154 valence electrons. The molecule has 3 N–H and O–H groups in total. The van der Waals surface area contributed by atoms with Gasteiger partial charge in [-0.3, -0.25) is 9.59 Å². The van der Waals surface area contributed by atoms with Gasteiger partial charge in [-0.2, -0.15) is 0 Å². The van der Waals surface area contributed by atoms with Crippen molar-refractivity contribution in [2.75, 3.05) is 7.11 Å². The molecule has 0 saturated heterocycles. The van der Waals surface area contributed by atoms with Gasteiger partial charge < -0.3 is 24.8 Å². The summed E-state index contributed by atoms with van der Waals surface area (Å²) < 4.78 is 10.4. The molecule has 0 fully saturated rings. The molecule has 27 heavy (non-hydrogen) atoms. The van der Waals surface area contributed by atoms with E-state index in [9.17, 15) is 24.9 Å². The fourth-order valence-corrected chi connectivity index (χ4v) is 3.17. The van der Waals surface area contributed by atoms with Gasteiger partial charge in [0.1, 0.15) is 18.3 Å². The summed E-state index contributed by atoms with van der Waals surface area (Å²) in [5.74, 6) is -1.40. The number of hydrogen-bond acceptors (Lipinski definition) is 7. The number of carbonyl (C=O) groups is 2. The van der Waals surface area contributed by atoms with Gasteiger partial charge in [0, 0.05) is 13.0 Å². The van der Waals surface area contributed by atoms with E-state index in [1.54, 1.807) is 6.92 Å². The summed E-state index contributed by atoms with van der Waals surface area (Å²) in [5.41, 5.74) is 0. The number of ketones is 1. The first-order valence-electron chi connectivity index (χ1n) is 9.36. The van der Waals surface area contributed by atoms with Crippen LogP contribution in [-0.2, 0) is 19.1 Å². The monoisotopic (exact) mass is 384 g/mol. The second-order valence-corrected chi connectivity index (χ2v) is 7.10. The Labute approximate surface area is 160 Å². The second-order valence-electron chi connectivity index (χ2n) is 7.10. The van der Waals surface area contributed by atoms with Crippen LogP contribution in [0.15, 0.2) is 24.3 Å². The number of allylic oxidation sites excluding steroid dienone is 3. The van der Waals surface area contributed by atoms with Crippen LogP contribution in [0.1, 0.15) is 40.0 Å². The van der Waals surface area contributed by atoms with Crippen molar-refractivity contribution in [2.24, 2.45) is 11.8 Å². The predicted molar refractivity (Wildman–Crippen MR) is 99.8 cm³/mol.